The number of aromatic nitrogens is 3. The Morgan fingerprint density at radius 1 is 0.918 bits per heavy atom. The van der Waals surface area contributed by atoms with E-state index in [0.717, 1.165) is 98.7 Å². The first kappa shape index (κ1) is 31.9. The molecule has 2 amide bonds. The third kappa shape index (κ3) is 6.42. The largest absolute Gasteiger partial charge is 0.379 e. The van der Waals surface area contributed by atoms with Gasteiger partial charge in [0.25, 0.3) is 11.8 Å². The molecular weight excluding hydrogens is 612 g/mol. The standard InChI is InChI=1S/C40H46N6O3/c1-27-23-42-32(24-41-27)25-43-39(47)30-11-12-35-36(22-30)46-26-31(40(48)45-15-13-33(14-16-45)44-17-19-49-20-18-44)21-29-9-5-6-10-34(29)38(46)37(35)28-7-3-2-4-8-28/h5-6,9-12,21-24,28,33H,2-4,7-8,13-20,25-26H2,1H3,(H,43,47). The molecule has 5 heterocycles. The predicted molar refractivity (Wildman–Crippen MR) is 191 cm³/mol. The summed E-state index contributed by atoms with van der Waals surface area (Å²) in [4.78, 5) is 41.3. The first-order valence-corrected chi connectivity index (χ1v) is 18.2. The van der Waals surface area contributed by atoms with Crippen LogP contribution in [0, 0.1) is 6.92 Å². The molecule has 1 saturated carbocycles. The molecule has 254 valence electrons. The molecule has 0 atom stereocenters. The molecule has 4 aliphatic rings. The van der Waals surface area contributed by atoms with E-state index in [9.17, 15) is 9.59 Å². The fourth-order valence-electron chi connectivity index (χ4n) is 8.51. The Hall–Kier alpha value is -4.34. The van der Waals surface area contributed by atoms with Crippen molar-refractivity contribution in [3.05, 3.63) is 88.5 Å². The van der Waals surface area contributed by atoms with E-state index in [-0.39, 0.29) is 11.8 Å². The van der Waals surface area contributed by atoms with Crippen molar-refractivity contribution in [2.75, 3.05) is 39.4 Å². The number of nitrogens with one attached hydrogen (secondary N) is 1. The predicted octanol–water partition coefficient (Wildman–Crippen LogP) is 6.10. The van der Waals surface area contributed by atoms with Crippen LogP contribution in [0.25, 0.3) is 28.2 Å². The highest BCUT2D eigenvalue weighted by molar-refractivity contribution is 6.04. The highest BCUT2D eigenvalue weighted by Gasteiger charge is 2.33. The second-order valence-corrected chi connectivity index (χ2v) is 14.2. The van der Waals surface area contributed by atoms with Crippen LogP contribution in [0.5, 0.6) is 0 Å². The third-order valence-corrected chi connectivity index (χ3v) is 11.1. The van der Waals surface area contributed by atoms with Crippen LogP contribution >= 0.6 is 0 Å². The van der Waals surface area contributed by atoms with E-state index in [4.69, 9.17) is 4.74 Å². The van der Waals surface area contributed by atoms with Gasteiger partial charge in [0.05, 0.1) is 49.6 Å². The molecule has 0 unspecified atom stereocenters. The molecule has 8 rings (SSSR count). The molecule has 0 spiro atoms. The Bertz CT molecular complexity index is 1880. The summed E-state index contributed by atoms with van der Waals surface area (Å²) in [5.74, 6) is 0.414. The summed E-state index contributed by atoms with van der Waals surface area (Å²) in [6, 6.07) is 15.2. The minimum Gasteiger partial charge on any atom is -0.379 e. The number of morpholine rings is 1. The van der Waals surface area contributed by atoms with Crippen molar-refractivity contribution in [2.24, 2.45) is 0 Å². The number of rotatable bonds is 6. The van der Waals surface area contributed by atoms with E-state index in [1.807, 2.05) is 19.1 Å². The summed E-state index contributed by atoms with van der Waals surface area (Å²) in [6.07, 6.45) is 13.6. The number of carbonyl (C=O) groups is 2. The minimum absolute atomic E-state index is 0.122. The summed E-state index contributed by atoms with van der Waals surface area (Å²) >= 11 is 0. The van der Waals surface area contributed by atoms with Crippen LogP contribution in [-0.4, -0.2) is 81.6 Å². The summed E-state index contributed by atoms with van der Waals surface area (Å²) in [5, 5.41) is 4.23. The Morgan fingerprint density at radius 2 is 1.71 bits per heavy atom. The fraction of sp³-hybridized carbons (Fsp3) is 0.450. The molecule has 1 N–H and O–H groups in total. The zero-order valence-electron chi connectivity index (χ0n) is 28.5. The van der Waals surface area contributed by atoms with E-state index < -0.39 is 0 Å². The zero-order valence-corrected chi connectivity index (χ0v) is 28.5. The smallest absolute Gasteiger partial charge is 0.251 e. The monoisotopic (exact) mass is 658 g/mol. The van der Waals surface area contributed by atoms with Crippen LogP contribution in [0.4, 0.5) is 0 Å². The van der Waals surface area contributed by atoms with Gasteiger partial charge in [0.1, 0.15) is 0 Å². The van der Waals surface area contributed by atoms with Crippen molar-refractivity contribution in [2.45, 2.75) is 76.9 Å². The lowest BCUT2D eigenvalue weighted by molar-refractivity contribution is -0.129. The van der Waals surface area contributed by atoms with Gasteiger partial charge in [0.15, 0.2) is 0 Å². The fourth-order valence-corrected chi connectivity index (χ4v) is 8.51. The van der Waals surface area contributed by atoms with Gasteiger partial charge in [-0.15, -0.1) is 0 Å². The van der Waals surface area contributed by atoms with Gasteiger partial charge in [-0.25, -0.2) is 0 Å². The Labute approximate surface area is 288 Å². The highest BCUT2D eigenvalue weighted by Crippen LogP contribution is 2.46. The maximum atomic E-state index is 14.4. The second-order valence-electron chi connectivity index (χ2n) is 14.2. The molecule has 2 aromatic carbocycles. The molecule has 0 bridgehead atoms. The normalized spacial score (nSPS) is 19.2. The molecule has 3 aliphatic heterocycles. The molecule has 2 aromatic heterocycles. The van der Waals surface area contributed by atoms with Gasteiger partial charge in [0.2, 0.25) is 0 Å². The quantitative estimate of drug-likeness (QED) is 0.269. The van der Waals surface area contributed by atoms with E-state index in [0.29, 0.717) is 30.6 Å². The van der Waals surface area contributed by atoms with Gasteiger partial charge >= 0.3 is 0 Å². The van der Waals surface area contributed by atoms with Gasteiger partial charge in [-0.1, -0.05) is 49.6 Å². The van der Waals surface area contributed by atoms with Crippen LogP contribution in [0.2, 0.25) is 0 Å². The Balaban J connectivity index is 1.14. The molecule has 1 aliphatic carbocycles. The van der Waals surface area contributed by atoms with Crippen molar-refractivity contribution in [1.29, 1.82) is 0 Å². The first-order valence-electron chi connectivity index (χ1n) is 18.2. The number of hydrogen-bond acceptors (Lipinski definition) is 6. The number of benzene rings is 2. The topological polar surface area (TPSA) is 92.6 Å². The van der Waals surface area contributed by atoms with Crippen molar-refractivity contribution in [3.63, 3.8) is 0 Å². The van der Waals surface area contributed by atoms with Crippen molar-refractivity contribution >= 4 is 28.8 Å². The minimum atomic E-state index is -0.150. The molecule has 2 saturated heterocycles. The molecular formula is C40H46N6O3. The first-order chi connectivity index (χ1) is 24.0. The summed E-state index contributed by atoms with van der Waals surface area (Å²) in [7, 11) is 0. The molecule has 49 heavy (non-hydrogen) atoms. The molecule has 9 nitrogen and oxygen atoms in total. The average molecular weight is 659 g/mol. The van der Waals surface area contributed by atoms with Gasteiger partial charge in [-0.3, -0.25) is 24.5 Å². The lowest BCUT2D eigenvalue weighted by Gasteiger charge is -2.40. The number of carbonyl (C=O) groups excluding carboxylic acids is 2. The number of hydrogen-bond donors (Lipinski definition) is 1. The molecule has 3 fully saturated rings. The molecule has 0 radical (unpaired) electrons. The Morgan fingerprint density at radius 3 is 2.49 bits per heavy atom. The van der Waals surface area contributed by atoms with Crippen LogP contribution in [0.1, 0.15) is 83.7 Å². The Kier molecular flexibility index (Phi) is 9.04. The van der Waals surface area contributed by atoms with Gasteiger partial charge in [-0.2, -0.15) is 0 Å². The molecule has 9 heteroatoms. The van der Waals surface area contributed by atoms with E-state index in [1.54, 1.807) is 12.4 Å². The number of piperidine rings is 1. The second kappa shape index (κ2) is 13.9. The van der Waals surface area contributed by atoms with E-state index in [2.05, 4.69) is 66.1 Å². The SMILES string of the molecule is Cc1cnc(CNC(=O)c2ccc3c(C4CCCCC4)c4n(c3c2)CC(C(=O)N2CCC(N3CCOCC3)CC2)=Cc2ccccc2-4)cn1. The van der Waals surface area contributed by atoms with Crippen molar-refractivity contribution in [1.82, 2.24) is 29.7 Å². The summed E-state index contributed by atoms with van der Waals surface area (Å²) in [5.41, 5.74) is 8.80. The lowest BCUT2D eigenvalue weighted by atomic mass is 9.81. The van der Waals surface area contributed by atoms with Gasteiger partial charge in [-0.05, 0) is 67.9 Å². The molecule has 4 aromatic rings. The average Bonchev–Trinajstić information content (AvgIpc) is 3.37. The maximum Gasteiger partial charge on any atom is 0.251 e. The third-order valence-electron chi connectivity index (χ3n) is 11.1. The number of likely N-dealkylation sites (tertiary alicyclic amines) is 1. The number of ether oxygens (including phenoxy) is 1. The van der Waals surface area contributed by atoms with Crippen LogP contribution < -0.4 is 5.32 Å². The van der Waals surface area contributed by atoms with Crippen LogP contribution in [0.3, 0.4) is 0 Å². The van der Waals surface area contributed by atoms with Crippen molar-refractivity contribution in [3.8, 4) is 11.3 Å². The van der Waals surface area contributed by atoms with E-state index >= 15 is 0 Å². The van der Waals surface area contributed by atoms with E-state index in [1.165, 1.54) is 35.9 Å². The maximum absolute atomic E-state index is 14.4. The lowest BCUT2D eigenvalue weighted by Crippen LogP contribution is -2.50. The summed E-state index contributed by atoms with van der Waals surface area (Å²) < 4.78 is 7.93. The van der Waals surface area contributed by atoms with Crippen LogP contribution in [0.15, 0.2) is 60.4 Å². The van der Waals surface area contributed by atoms with Gasteiger partial charge in [0, 0.05) is 66.0 Å². The van der Waals surface area contributed by atoms with Gasteiger partial charge < -0.3 is 19.5 Å². The van der Waals surface area contributed by atoms with Crippen LogP contribution in [-0.2, 0) is 22.6 Å². The zero-order chi connectivity index (χ0) is 33.3. The highest BCUT2D eigenvalue weighted by atomic mass is 16.5. The number of aryl methyl sites for hydroxylation is 1. The number of amides is 2. The number of nitrogens with zero attached hydrogens (tertiary/aromatic N) is 5. The van der Waals surface area contributed by atoms with Crippen molar-refractivity contribution < 1.29 is 14.3 Å². The number of fused-ring (bicyclic) bond motifs is 5. The summed E-state index contributed by atoms with van der Waals surface area (Å²) in [6.45, 7) is 7.76.